The smallest absolute Gasteiger partial charge is 0.191 e. The summed E-state index contributed by atoms with van der Waals surface area (Å²) >= 11 is 0. The molecule has 2 saturated heterocycles. The van der Waals surface area contributed by atoms with Crippen LogP contribution in [0.5, 0.6) is 0 Å². The van der Waals surface area contributed by atoms with Crippen LogP contribution in [0.4, 0.5) is 0 Å². The third-order valence-corrected chi connectivity index (χ3v) is 5.53. The molecule has 2 N–H and O–H groups in total. The Kier molecular flexibility index (Phi) is 9.72. The minimum Gasteiger partial charge on any atom is -0.379 e. The second kappa shape index (κ2) is 11.8. The number of hydrogen-bond acceptors (Lipinski definition) is 4. The SMILES string of the molecule is CCCN1CCC(CNC(=NCC(C(C)C)N2CCOCC2)NCC)C1. The largest absolute Gasteiger partial charge is 0.379 e. The molecule has 2 fully saturated rings. The van der Waals surface area contributed by atoms with Gasteiger partial charge in [0.2, 0.25) is 0 Å². The summed E-state index contributed by atoms with van der Waals surface area (Å²) in [5.74, 6) is 2.31. The molecule has 0 amide bonds. The Balaban J connectivity index is 1.84. The van der Waals surface area contributed by atoms with Crippen molar-refractivity contribution in [1.82, 2.24) is 20.4 Å². The fourth-order valence-electron chi connectivity index (χ4n) is 4.02. The van der Waals surface area contributed by atoms with Crippen LogP contribution < -0.4 is 10.6 Å². The number of nitrogens with one attached hydrogen (secondary N) is 2. The molecule has 2 aliphatic rings. The molecule has 6 heteroatoms. The molecule has 2 unspecified atom stereocenters. The Bertz CT molecular complexity index is 409. The quantitative estimate of drug-likeness (QED) is 0.479. The Morgan fingerprint density at radius 1 is 1.15 bits per heavy atom. The zero-order chi connectivity index (χ0) is 18.8. The van der Waals surface area contributed by atoms with Crippen LogP contribution in [-0.2, 0) is 4.74 Å². The van der Waals surface area contributed by atoms with Crippen molar-refractivity contribution in [3.63, 3.8) is 0 Å². The van der Waals surface area contributed by atoms with Crippen molar-refractivity contribution in [2.45, 2.75) is 46.6 Å². The lowest BCUT2D eigenvalue weighted by molar-refractivity contribution is 0.00867. The topological polar surface area (TPSA) is 52.1 Å². The molecule has 0 aliphatic carbocycles. The maximum Gasteiger partial charge on any atom is 0.191 e. The number of nitrogens with zero attached hydrogens (tertiary/aromatic N) is 3. The van der Waals surface area contributed by atoms with E-state index in [4.69, 9.17) is 9.73 Å². The van der Waals surface area contributed by atoms with Crippen molar-refractivity contribution in [2.75, 3.05) is 65.6 Å². The molecule has 2 rings (SSSR count). The molecule has 2 aliphatic heterocycles. The van der Waals surface area contributed by atoms with Gasteiger partial charge in [-0.2, -0.15) is 0 Å². The Morgan fingerprint density at radius 2 is 1.92 bits per heavy atom. The number of rotatable bonds is 9. The van der Waals surface area contributed by atoms with Crippen molar-refractivity contribution in [1.29, 1.82) is 0 Å². The lowest BCUT2D eigenvalue weighted by atomic mass is 10.0. The zero-order valence-corrected chi connectivity index (χ0v) is 17.5. The summed E-state index contributed by atoms with van der Waals surface area (Å²) in [5, 5.41) is 7.01. The molecule has 0 radical (unpaired) electrons. The number of ether oxygens (including phenoxy) is 1. The summed E-state index contributed by atoms with van der Waals surface area (Å²) < 4.78 is 5.51. The number of guanidine groups is 1. The van der Waals surface area contributed by atoms with Crippen molar-refractivity contribution in [3.05, 3.63) is 0 Å². The van der Waals surface area contributed by atoms with Crippen LogP contribution in [0.1, 0.15) is 40.5 Å². The molecule has 152 valence electrons. The van der Waals surface area contributed by atoms with Crippen LogP contribution >= 0.6 is 0 Å². The third kappa shape index (κ3) is 7.05. The van der Waals surface area contributed by atoms with E-state index in [2.05, 4.69) is 48.1 Å². The first kappa shape index (κ1) is 21.5. The van der Waals surface area contributed by atoms with Gasteiger partial charge in [0, 0.05) is 38.8 Å². The summed E-state index contributed by atoms with van der Waals surface area (Å²) in [6, 6.07) is 0.487. The van der Waals surface area contributed by atoms with Gasteiger partial charge in [-0.05, 0) is 44.7 Å². The summed E-state index contributed by atoms with van der Waals surface area (Å²) in [5.41, 5.74) is 0. The van der Waals surface area contributed by atoms with Crippen molar-refractivity contribution >= 4 is 5.96 Å². The predicted octanol–water partition coefficient (Wildman–Crippen LogP) is 1.63. The van der Waals surface area contributed by atoms with Crippen LogP contribution in [0.2, 0.25) is 0 Å². The van der Waals surface area contributed by atoms with Gasteiger partial charge in [-0.3, -0.25) is 9.89 Å². The van der Waals surface area contributed by atoms with Crippen LogP contribution in [0.3, 0.4) is 0 Å². The highest BCUT2D eigenvalue weighted by atomic mass is 16.5. The van der Waals surface area contributed by atoms with Crippen LogP contribution in [0, 0.1) is 11.8 Å². The average Bonchev–Trinajstić information content (AvgIpc) is 3.08. The van der Waals surface area contributed by atoms with Gasteiger partial charge >= 0.3 is 0 Å². The van der Waals surface area contributed by atoms with Crippen molar-refractivity contribution in [3.8, 4) is 0 Å². The molecular weight excluding hydrogens is 326 g/mol. The van der Waals surface area contributed by atoms with E-state index in [1.54, 1.807) is 0 Å². The molecule has 0 saturated carbocycles. The first-order valence-corrected chi connectivity index (χ1v) is 10.7. The molecule has 0 aromatic carbocycles. The highest BCUT2D eigenvalue weighted by Gasteiger charge is 2.24. The highest BCUT2D eigenvalue weighted by molar-refractivity contribution is 5.79. The number of likely N-dealkylation sites (tertiary alicyclic amines) is 1. The van der Waals surface area contributed by atoms with Crippen molar-refractivity contribution in [2.24, 2.45) is 16.8 Å². The second-order valence-corrected chi connectivity index (χ2v) is 8.02. The first-order chi connectivity index (χ1) is 12.6. The van der Waals surface area contributed by atoms with Gasteiger partial charge in [0.05, 0.1) is 19.8 Å². The zero-order valence-electron chi connectivity index (χ0n) is 17.5. The van der Waals surface area contributed by atoms with Gasteiger partial charge < -0.3 is 20.3 Å². The normalized spacial score (nSPS) is 24.2. The van der Waals surface area contributed by atoms with Gasteiger partial charge in [0.25, 0.3) is 0 Å². The van der Waals surface area contributed by atoms with Crippen LogP contribution in [-0.4, -0.2) is 87.4 Å². The van der Waals surface area contributed by atoms with E-state index < -0.39 is 0 Å². The summed E-state index contributed by atoms with van der Waals surface area (Å²) in [7, 11) is 0. The number of aliphatic imine (C=N–C) groups is 1. The molecular formula is C20H41N5O. The fourth-order valence-corrected chi connectivity index (χ4v) is 4.02. The maximum atomic E-state index is 5.51. The molecule has 26 heavy (non-hydrogen) atoms. The summed E-state index contributed by atoms with van der Waals surface area (Å²) in [4.78, 5) is 10.1. The van der Waals surface area contributed by atoms with Gasteiger partial charge in [0.15, 0.2) is 5.96 Å². The Hall–Kier alpha value is -0.850. The third-order valence-electron chi connectivity index (χ3n) is 5.53. The maximum absolute atomic E-state index is 5.51. The molecule has 0 aromatic rings. The lowest BCUT2D eigenvalue weighted by Crippen LogP contribution is -2.48. The fraction of sp³-hybridized carbons (Fsp3) is 0.950. The summed E-state index contributed by atoms with van der Waals surface area (Å²) in [6.45, 7) is 19.2. The van der Waals surface area contributed by atoms with Gasteiger partial charge in [-0.1, -0.05) is 20.8 Å². The van der Waals surface area contributed by atoms with E-state index in [1.165, 1.54) is 32.5 Å². The first-order valence-electron chi connectivity index (χ1n) is 10.7. The van der Waals surface area contributed by atoms with E-state index >= 15 is 0 Å². The molecule has 0 aromatic heterocycles. The molecule has 0 bridgehead atoms. The van der Waals surface area contributed by atoms with E-state index in [9.17, 15) is 0 Å². The minimum absolute atomic E-state index is 0.487. The average molecular weight is 368 g/mol. The van der Waals surface area contributed by atoms with Gasteiger partial charge in [-0.15, -0.1) is 0 Å². The monoisotopic (exact) mass is 367 g/mol. The van der Waals surface area contributed by atoms with Gasteiger partial charge in [-0.25, -0.2) is 0 Å². The van der Waals surface area contributed by atoms with Crippen LogP contribution in [0.15, 0.2) is 4.99 Å². The standard InChI is InChI=1S/C20H41N5O/c1-5-8-24-9-7-18(16-24)14-22-20(21-6-2)23-15-19(17(3)4)25-10-12-26-13-11-25/h17-19H,5-16H2,1-4H3,(H2,21,22,23). The van der Waals surface area contributed by atoms with E-state index in [0.717, 1.165) is 57.8 Å². The number of hydrogen-bond donors (Lipinski definition) is 2. The van der Waals surface area contributed by atoms with E-state index in [1.807, 2.05) is 0 Å². The number of morpholine rings is 1. The van der Waals surface area contributed by atoms with Crippen LogP contribution in [0.25, 0.3) is 0 Å². The van der Waals surface area contributed by atoms with E-state index in [0.29, 0.717) is 12.0 Å². The van der Waals surface area contributed by atoms with Crippen molar-refractivity contribution < 1.29 is 4.74 Å². The molecule has 0 spiro atoms. The second-order valence-electron chi connectivity index (χ2n) is 8.02. The lowest BCUT2D eigenvalue weighted by Gasteiger charge is -2.36. The predicted molar refractivity (Wildman–Crippen MR) is 110 cm³/mol. The Morgan fingerprint density at radius 3 is 2.58 bits per heavy atom. The highest BCUT2D eigenvalue weighted by Crippen LogP contribution is 2.16. The Labute approximate surface area is 160 Å². The van der Waals surface area contributed by atoms with Gasteiger partial charge in [0.1, 0.15) is 0 Å². The molecule has 6 nitrogen and oxygen atoms in total. The minimum atomic E-state index is 0.487. The van der Waals surface area contributed by atoms with E-state index in [-0.39, 0.29) is 0 Å². The molecule has 2 atom stereocenters. The summed E-state index contributed by atoms with van der Waals surface area (Å²) in [6.07, 6.45) is 2.55. The molecule has 2 heterocycles.